The number of nitrogens with one attached hydrogen (secondary N) is 1. The minimum atomic E-state index is -0.468. The third-order valence-corrected chi connectivity index (χ3v) is 3.11. The lowest BCUT2D eigenvalue weighted by atomic mass is 9.99. The van der Waals surface area contributed by atoms with E-state index < -0.39 is 5.78 Å². The van der Waals surface area contributed by atoms with E-state index in [4.69, 9.17) is 5.41 Å². The van der Waals surface area contributed by atoms with Crippen LogP contribution in [0, 0.1) is 5.41 Å². The molecule has 0 spiro atoms. The molecule has 98 valence electrons. The van der Waals surface area contributed by atoms with Crippen molar-refractivity contribution < 1.29 is 9.59 Å². The number of hydrogen-bond donors (Lipinski definition) is 1. The van der Waals surface area contributed by atoms with Gasteiger partial charge in [-0.25, -0.2) is 0 Å². The van der Waals surface area contributed by atoms with Gasteiger partial charge in [0.25, 0.3) is 0 Å². The van der Waals surface area contributed by atoms with Crippen LogP contribution in [0.1, 0.15) is 51.9 Å². The third kappa shape index (κ3) is 4.40. The highest BCUT2D eigenvalue weighted by Gasteiger charge is 2.17. The molecular formula is C15H21NO2. The van der Waals surface area contributed by atoms with Crippen LogP contribution < -0.4 is 0 Å². The maximum absolute atomic E-state index is 11.9. The summed E-state index contributed by atoms with van der Waals surface area (Å²) in [6.07, 6.45) is 10.8. The minimum Gasteiger partial charge on any atom is -0.305 e. The summed E-state index contributed by atoms with van der Waals surface area (Å²) in [7, 11) is 0. The normalized spacial score (nSPS) is 22.8. The summed E-state index contributed by atoms with van der Waals surface area (Å²) in [5.41, 5.74) is 1.26. The van der Waals surface area contributed by atoms with Gasteiger partial charge in [0.15, 0.2) is 5.78 Å². The van der Waals surface area contributed by atoms with Crippen LogP contribution in [0.2, 0.25) is 0 Å². The maximum atomic E-state index is 11.9. The minimum absolute atomic E-state index is 0.118. The SMILES string of the molecule is CCCCC1=C/CCCCC(=O)/C(C(=O)C=N)=C\1. The zero-order valence-electron chi connectivity index (χ0n) is 11.0. The molecule has 0 unspecified atom stereocenters. The molecule has 1 rings (SSSR count). The van der Waals surface area contributed by atoms with E-state index >= 15 is 0 Å². The van der Waals surface area contributed by atoms with E-state index in [1.807, 2.05) is 0 Å². The summed E-state index contributed by atoms with van der Waals surface area (Å²) < 4.78 is 0. The second-order valence-corrected chi connectivity index (χ2v) is 4.62. The van der Waals surface area contributed by atoms with E-state index in [2.05, 4.69) is 13.0 Å². The fourth-order valence-corrected chi connectivity index (χ4v) is 2.02. The zero-order valence-corrected chi connectivity index (χ0v) is 11.0. The monoisotopic (exact) mass is 247 g/mol. The van der Waals surface area contributed by atoms with Gasteiger partial charge in [-0.1, -0.05) is 25.0 Å². The first-order valence-electron chi connectivity index (χ1n) is 6.67. The van der Waals surface area contributed by atoms with Gasteiger partial charge in [0, 0.05) is 6.42 Å². The van der Waals surface area contributed by atoms with Crippen molar-refractivity contribution in [3.8, 4) is 0 Å². The van der Waals surface area contributed by atoms with Crippen LogP contribution in [-0.4, -0.2) is 17.8 Å². The van der Waals surface area contributed by atoms with Crippen molar-refractivity contribution in [1.29, 1.82) is 5.41 Å². The Kier molecular flexibility index (Phi) is 6.26. The molecule has 0 heterocycles. The Morgan fingerprint density at radius 1 is 1.44 bits per heavy atom. The number of Topliss-reactive ketones (excluding diaryl/α,β-unsaturated/α-hetero) is 2. The van der Waals surface area contributed by atoms with Crippen molar-refractivity contribution in [2.45, 2.75) is 51.9 Å². The Bertz CT molecular complexity index is 391. The number of carbonyl (C=O) groups is 2. The molecule has 1 aliphatic carbocycles. The largest absolute Gasteiger partial charge is 0.305 e. The van der Waals surface area contributed by atoms with Gasteiger partial charge in [0.1, 0.15) is 0 Å². The van der Waals surface area contributed by atoms with Gasteiger partial charge < -0.3 is 5.41 Å². The molecule has 0 aliphatic heterocycles. The van der Waals surface area contributed by atoms with Gasteiger partial charge in [-0.05, 0) is 38.2 Å². The molecule has 0 atom stereocenters. The van der Waals surface area contributed by atoms with E-state index in [1.165, 1.54) is 0 Å². The molecule has 0 saturated heterocycles. The average molecular weight is 247 g/mol. The molecule has 0 aromatic heterocycles. The highest BCUT2D eigenvalue weighted by Crippen LogP contribution is 2.18. The van der Waals surface area contributed by atoms with Crippen molar-refractivity contribution in [2.75, 3.05) is 0 Å². The summed E-state index contributed by atoms with van der Waals surface area (Å²) in [5, 5.41) is 7.03. The van der Waals surface area contributed by atoms with Crippen LogP contribution in [0.4, 0.5) is 0 Å². The topological polar surface area (TPSA) is 58.0 Å². The predicted molar refractivity (Wildman–Crippen MR) is 73.0 cm³/mol. The summed E-state index contributed by atoms with van der Waals surface area (Å²) in [4.78, 5) is 23.5. The van der Waals surface area contributed by atoms with Crippen molar-refractivity contribution >= 4 is 17.8 Å². The van der Waals surface area contributed by atoms with Gasteiger partial charge >= 0.3 is 0 Å². The third-order valence-electron chi connectivity index (χ3n) is 3.11. The van der Waals surface area contributed by atoms with Gasteiger partial charge in [0.05, 0.1) is 11.8 Å². The molecule has 0 fully saturated rings. The summed E-state index contributed by atoms with van der Waals surface area (Å²) in [6.45, 7) is 2.12. The Morgan fingerprint density at radius 3 is 2.89 bits per heavy atom. The standard InChI is InChI=1S/C15H21NO2/c1-2-3-7-12-8-5-4-6-9-14(17)13(10-12)15(18)11-16/h8,10-11,16H,2-7,9H2,1H3/b12-8-,13-10+,16-11?. The Morgan fingerprint density at radius 2 is 2.22 bits per heavy atom. The van der Waals surface area contributed by atoms with Gasteiger partial charge in [-0.2, -0.15) is 0 Å². The van der Waals surface area contributed by atoms with Crippen LogP contribution in [-0.2, 0) is 9.59 Å². The highest BCUT2D eigenvalue weighted by molar-refractivity contribution is 6.42. The number of hydrogen-bond acceptors (Lipinski definition) is 3. The lowest BCUT2D eigenvalue weighted by Crippen LogP contribution is -2.13. The second-order valence-electron chi connectivity index (χ2n) is 4.62. The molecule has 3 heteroatoms. The van der Waals surface area contributed by atoms with Crippen molar-refractivity contribution in [3.63, 3.8) is 0 Å². The first-order valence-corrected chi connectivity index (χ1v) is 6.67. The predicted octanol–water partition coefficient (Wildman–Crippen LogP) is 3.39. The van der Waals surface area contributed by atoms with E-state index in [9.17, 15) is 9.59 Å². The first kappa shape index (κ1) is 14.6. The fourth-order valence-electron chi connectivity index (χ4n) is 2.02. The van der Waals surface area contributed by atoms with Crippen LogP contribution in [0.5, 0.6) is 0 Å². The molecule has 1 aliphatic rings. The van der Waals surface area contributed by atoms with E-state index in [0.717, 1.165) is 50.3 Å². The lowest BCUT2D eigenvalue weighted by Gasteiger charge is -2.04. The number of rotatable bonds is 5. The molecule has 0 aromatic carbocycles. The Labute approximate surface area is 108 Å². The Balaban J connectivity index is 2.99. The van der Waals surface area contributed by atoms with E-state index in [1.54, 1.807) is 6.08 Å². The number of unbranched alkanes of at least 4 members (excludes halogenated alkanes) is 1. The summed E-state index contributed by atoms with van der Waals surface area (Å²) in [6, 6.07) is 0. The second kappa shape index (κ2) is 7.75. The highest BCUT2D eigenvalue weighted by atomic mass is 16.1. The van der Waals surface area contributed by atoms with Crippen molar-refractivity contribution in [3.05, 3.63) is 23.3 Å². The van der Waals surface area contributed by atoms with Crippen LogP contribution in [0.25, 0.3) is 0 Å². The van der Waals surface area contributed by atoms with Crippen molar-refractivity contribution in [2.24, 2.45) is 0 Å². The van der Waals surface area contributed by atoms with Gasteiger partial charge in [-0.3, -0.25) is 9.59 Å². The molecule has 0 bridgehead atoms. The Hall–Kier alpha value is -1.51. The fraction of sp³-hybridized carbons (Fsp3) is 0.533. The first-order chi connectivity index (χ1) is 8.69. The zero-order chi connectivity index (χ0) is 13.4. The molecule has 0 radical (unpaired) electrons. The molecule has 3 nitrogen and oxygen atoms in total. The molecule has 0 saturated carbocycles. The smallest absolute Gasteiger partial charge is 0.206 e. The molecule has 0 aromatic rings. The average Bonchev–Trinajstić information content (AvgIpc) is 2.47. The maximum Gasteiger partial charge on any atom is 0.206 e. The number of ketones is 2. The van der Waals surface area contributed by atoms with E-state index in [0.29, 0.717) is 6.42 Å². The number of allylic oxidation sites excluding steroid dienone is 4. The molecule has 0 amide bonds. The van der Waals surface area contributed by atoms with Gasteiger partial charge in [0.2, 0.25) is 5.78 Å². The van der Waals surface area contributed by atoms with Crippen LogP contribution in [0.3, 0.4) is 0 Å². The molecule has 18 heavy (non-hydrogen) atoms. The van der Waals surface area contributed by atoms with E-state index in [-0.39, 0.29) is 11.4 Å². The number of carbonyl (C=O) groups excluding carboxylic acids is 2. The van der Waals surface area contributed by atoms with Crippen LogP contribution >= 0.6 is 0 Å². The molecular weight excluding hydrogens is 226 g/mol. The van der Waals surface area contributed by atoms with Crippen LogP contribution in [0.15, 0.2) is 23.3 Å². The quantitative estimate of drug-likeness (QED) is 0.598. The van der Waals surface area contributed by atoms with Crippen molar-refractivity contribution in [1.82, 2.24) is 0 Å². The molecule has 1 N–H and O–H groups in total. The summed E-state index contributed by atoms with van der Waals surface area (Å²) in [5.74, 6) is -0.586. The lowest BCUT2D eigenvalue weighted by molar-refractivity contribution is -0.118. The van der Waals surface area contributed by atoms with Gasteiger partial charge in [-0.15, -0.1) is 0 Å². The summed E-state index contributed by atoms with van der Waals surface area (Å²) >= 11 is 0.